The van der Waals surface area contributed by atoms with Gasteiger partial charge in [-0.25, -0.2) is 0 Å². The maximum Gasteiger partial charge on any atom is 0.0701 e. The molecule has 2 aromatic rings. The lowest BCUT2D eigenvalue weighted by Gasteiger charge is -2.33. The molecule has 0 aliphatic rings. The van der Waals surface area contributed by atoms with Gasteiger partial charge < -0.3 is 5.73 Å². The molecule has 21 heavy (non-hydrogen) atoms. The maximum absolute atomic E-state index is 6.43. The lowest BCUT2D eigenvalue weighted by molar-refractivity contribution is 0.201. The van der Waals surface area contributed by atoms with Crippen molar-refractivity contribution < 1.29 is 0 Å². The van der Waals surface area contributed by atoms with Gasteiger partial charge in [-0.15, -0.1) is 11.3 Å². The molecular formula is C17H23BrN2S. The Morgan fingerprint density at radius 1 is 1.33 bits per heavy atom. The van der Waals surface area contributed by atoms with Crippen LogP contribution in [0.4, 0.5) is 0 Å². The van der Waals surface area contributed by atoms with Crippen molar-refractivity contribution in [2.24, 2.45) is 5.73 Å². The summed E-state index contributed by atoms with van der Waals surface area (Å²) in [5.74, 6) is 0. The molecular weight excluding hydrogens is 344 g/mol. The molecule has 0 bridgehead atoms. The molecule has 0 radical (unpaired) electrons. The monoisotopic (exact) mass is 366 g/mol. The molecule has 0 amide bonds. The van der Waals surface area contributed by atoms with Crippen LogP contribution in [0.5, 0.6) is 0 Å². The Bertz CT molecular complexity index is 582. The van der Waals surface area contributed by atoms with E-state index in [1.54, 1.807) is 11.3 Å². The third kappa shape index (κ3) is 4.16. The normalized spacial score (nSPS) is 14.4. The molecule has 0 aliphatic heterocycles. The molecule has 0 saturated heterocycles. The topological polar surface area (TPSA) is 29.3 Å². The Hall–Kier alpha value is -0.680. The van der Waals surface area contributed by atoms with E-state index < -0.39 is 0 Å². The van der Waals surface area contributed by atoms with E-state index in [4.69, 9.17) is 5.73 Å². The van der Waals surface area contributed by atoms with Gasteiger partial charge in [0.25, 0.3) is 0 Å². The number of aryl methyl sites for hydroxylation is 1. The fourth-order valence-corrected chi connectivity index (χ4v) is 3.95. The molecule has 4 heteroatoms. The molecule has 1 aromatic carbocycles. The SMILES string of the molecule is CCC(N)C(c1ccccc1C)N(C)Cc1csc(Br)c1. The third-order valence-corrected chi connectivity index (χ3v) is 5.47. The van der Waals surface area contributed by atoms with Gasteiger partial charge in [0.1, 0.15) is 0 Å². The first kappa shape index (κ1) is 16.7. The Morgan fingerprint density at radius 3 is 2.62 bits per heavy atom. The summed E-state index contributed by atoms with van der Waals surface area (Å²) in [6.07, 6.45) is 0.969. The summed E-state index contributed by atoms with van der Waals surface area (Å²) in [6.45, 7) is 5.24. The van der Waals surface area contributed by atoms with Crippen molar-refractivity contribution in [3.05, 3.63) is 56.2 Å². The number of nitrogens with zero attached hydrogens (tertiary/aromatic N) is 1. The van der Waals surface area contributed by atoms with Gasteiger partial charge in [-0.1, -0.05) is 31.2 Å². The summed E-state index contributed by atoms with van der Waals surface area (Å²) in [7, 11) is 2.16. The van der Waals surface area contributed by atoms with Gasteiger partial charge in [-0.05, 0) is 64.5 Å². The van der Waals surface area contributed by atoms with Crippen LogP contribution in [-0.4, -0.2) is 18.0 Å². The van der Waals surface area contributed by atoms with Gasteiger partial charge >= 0.3 is 0 Å². The first-order valence-corrected chi connectivity index (χ1v) is 8.94. The Labute approximate surface area is 140 Å². The van der Waals surface area contributed by atoms with Gasteiger partial charge in [0.15, 0.2) is 0 Å². The fourth-order valence-electron chi connectivity index (χ4n) is 2.75. The van der Waals surface area contributed by atoms with E-state index in [2.05, 4.69) is 77.4 Å². The zero-order chi connectivity index (χ0) is 15.4. The molecule has 2 N–H and O–H groups in total. The lowest BCUT2D eigenvalue weighted by Crippen LogP contribution is -2.38. The van der Waals surface area contributed by atoms with Crippen LogP contribution in [0.3, 0.4) is 0 Å². The molecule has 2 unspecified atom stereocenters. The minimum absolute atomic E-state index is 0.137. The fraction of sp³-hybridized carbons (Fsp3) is 0.412. The second-order valence-corrected chi connectivity index (χ2v) is 7.84. The number of likely N-dealkylation sites (N-methyl/N-ethyl adjacent to an activating group) is 1. The highest BCUT2D eigenvalue weighted by Gasteiger charge is 2.24. The molecule has 0 spiro atoms. The van der Waals surface area contributed by atoms with Crippen molar-refractivity contribution >= 4 is 27.3 Å². The molecule has 1 heterocycles. The standard InChI is InChI=1S/C17H23BrN2S/c1-4-15(19)17(14-8-6-5-7-12(14)2)20(3)10-13-9-16(18)21-11-13/h5-9,11,15,17H,4,10,19H2,1-3H3. The zero-order valence-electron chi connectivity index (χ0n) is 12.8. The van der Waals surface area contributed by atoms with Crippen LogP contribution < -0.4 is 5.73 Å². The predicted octanol–water partition coefficient (Wildman–Crippen LogP) is 4.73. The molecule has 0 aliphatic carbocycles. The maximum atomic E-state index is 6.43. The van der Waals surface area contributed by atoms with E-state index in [-0.39, 0.29) is 12.1 Å². The summed E-state index contributed by atoms with van der Waals surface area (Å²) in [4.78, 5) is 2.37. The van der Waals surface area contributed by atoms with E-state index in [1.807, 2.05) is 0 Å². The minimum Gasteiger partial charge on any atom is -0.326 e. The Morgan fingerprint density at radius 2 is 2.05 bits per heavy atom. The van der Waals surface area contributed by atoms with E-state index in [0.29, 0.717) is 0 Å². The van der Waals surface area contributed by atoms with Crippen LogP contribution in [0.15, 0.2) is 39.5 Å². The lowest BCUT2D eigenvalue weighted by atomic mass is 9.93. The smallest absolute Gasteiger partial charge is 0.0701 e. The van der Waals surface area contributed by atoms with Crippen LogP contribution in [0.2, 0.25) is 0 Å². The number of halogens is 1. The quantitative estimate of drug-likeness (QED) is 0.800. The molecule has 114 valence electrons. The molecule has 2 rings (SSSR count). The predicted molar refractivity (Wildman–Crippen MR) is 95.7 cm³/mol. The largest absolute Gasteiger partial charge is 0.326 e. The third-order valence-electron chi connectivity index (χ3n) is 3.91. The second-order valence-electron chi connectivity index (χ2n) is 5.55. The number of thiophene rings is 1. The van der Waals surface area contributed by atoms with Gasteiger partial charge in [-0.2, -0.15) is 0 Å². The first-order valence-electron chi connectivity index (χ1n) is 7.27. The highest BCUT2D eigenvalue weighted by atomic mass is 79.9. The van der Waals surface area contributed by atoms with Crippen molar-refractivity contribution in [1.82, 2.24) is 4.90 Å². The van der Waals surface area contributed by atoms with Crippen LogP contribution in [0.1, 0.15) is 36.1 Å². The van der Waals surface area contributed by atoms with Crippen molar-refractivity contribution in [1.29, 1.82) is 0 Å². The molecule has 2 nitrogen and oxygen atoms in total. The number of hydrogen-bond acceptors (Lipinski definition) is 3. The van der Waals surface area contributed by atoms with E-state index >= 15 is 0 Å². The average molecular weight is 367 g/mol. The van der Waals surface area contributed by atoms with Crippen LogP contribution in [-0.2, 0) is 6.54 Å². The van der Waals surface area contributed by atoms with Crippen molar-refractivity contribution in [2.75, 3.05) is 7.05 Å². The number of nitrogens with two attached hydrogens (primary N) is 1. The zero-order valence-corrected chi connectivity index (χ0v) is 15.2. The van der Waals surface area contributed by atoms with E-state index in [0.717, 1.165) is 13.0 Å². The summed E-state index contributed by atoms with van der Waals surface area (Å²) in [5, 5.41) is 2.20. The Kier molecular flexibility index (Phi) is 5.99. The van der Waals surface area contributed by atoms with Gasteiger partial charge in [0, 0.05) is 12.6 Å². The van der Waals surface area contributed by atoms with Crippen molar-refractivity contribution in [3.63, 3.8) is 0 Å². The number of benzene rings is 1. The molecule has 0 fully saturated rings. The van der Waals surface area contributed by atoms with Gasteiger partial charge in [0.05, 0.1) is 9.83 Å². The van der Waals surface area contributed by atoms with E-state index in [9.17, 15) is 0 Å². The number of rotatable bonds is 6. The van der Waals surface area contributed by atoms with E-state index in [1.165, 1.54) is 20.5 Å². The highest BCUT2D eigenvalue weighted by Crippen LogP contribution is 2.29. The Balaban J connectivity index is 2.25. The first-order chi connectivity index (χ1) is 10.0. The highest BCUT2D eigenvalue weighted by molar-refractivity contribution is 9.11. The summed E-state index contributed by atoms with van der Waals surface area (Å²) in [5.41, 5.74) is 10.4. The van der Waals surface area contributed by atoms with Crippen molar-refractivity contribution in [3.8, 4) is 0 Å². The molecule has 2 atom stereocenters. The van der Waals surface area contributed by atoms with Crippen LogP contribution >= 0.6 is 27.3 Å². The molecule has 1 aromatic heterocycles. The second kappa shape index (κ2) is 7.54. The van der Waals surface area contributed by atoms with Gasteiger partial charge in [-0.3, -0.25) is 4.90 Å². The van der Waals surface area contributed by atoms with Crippen LogP contribution in [0.25, 0.3) is 0 Å². The summed E-state index contributed by atoms with van der Waals surface area (Å²) < 4.78 is 1.18. The van der Waals surface area contributed by atoms with Crippen molar-refractivity contribution in [2.45, 2.75) is 38.9 Å². The minimum atomic E-state index is 0.137. The number of hydrogen-bond donors (Lipinski definition) is 1. The molecule has 0 saturated carbocycles. The average Bonchev–Trinajstić information content (AvgIpc) is 2.86. The summed E-state index contributed by atoms with van der Waals surface area (Å²) in [6, 6.07) is 11.1. The summed E-state index contributed by atoms with van der Waals surface area (Å²) >= 11 is 5.26. The van der Waals surface area contributed by atoms with Gasteiger partial charge in [0.2, 0.25) is 0 Å². The van der Waals surface area contributed by atoms with Crippen LogP contribution in [0, 0.1) is 6.92 Å².